The van der Waals surface area contributed by atoms with E-state index in [4.69, 9.17) is 14.5 Å². The van der Waals surface area contributed by atoms with Gasteiger partial charge in [0.25, 0.3) is 0 Å². The molecule has 3 aliphatic rings. The van der Waals surface area contributed by atoms with Gasteiger partial charge >= 0.3 is 6.09 Å². The topological polar surface area (TPSA) is 86.6 Å². The summed E-state index contributed by atoms with van der Waals surface area (Å²) in [6, 6.07) is 20.4. The molecule has 2 bridgehead atoms. The van der Waals surface area contributed by atoms with Crippen LogP contribution in [0.1, 0.15) is 13.3 Å². The number of amides is 1. The highest BCUT2D eigenvalue weighted by Crippen LogP contribution is 2.49. The Hall–Kier alpha value is -3.62. The molecule has 3 unspecified atom stereocenters. The molecular weight excluding hydrogens is 456 g/mol. The van der Waals surface area contributed by atoms with Crippen molar-refractivity contribution >= 4 is 28.3 Å². The summed E-state index contributed by atoms with van der Waals surface area (Å²) in [5.74, 6) is 0.682. The van der Waals surface area contributed by atoms with Gasteiger partial charge in [-0.05, 0) is 30.9 Å². The van der Waals surface area contributed by atoms with Gasteiger partial charge in [-0.2, -0.15) is 0 Å². The molecule has 186 valence electrons. The van der Waals surface area contributed by atoms with Crippen LogP contribution in [0.2, 0.25) is 0 Å². The van der Waals surface area contributed by atoms with E-state index in [9.17, 15) is 9.90 Å². The Balaban J connectivity index is 1.61. The number of hydrogen-bond acceptors (Lipinski definition) is 6. The predicted octanol–water partition coefficient (Wildman–Crippen LogP) is 2.76. The smallest absolute Gasteiger partial charge is 0.408 e. The van der Waals surface area contributed by atoms with Crippen molar-refractivity contribution in [3.63, 3.8) is 0 Å². The molecule has 0 aliphatic carbocycles. The monoisotopic (exact) mass is 486 g/mol. The van der Waals surface area contributed by atoms with Crippen LogP contribution in [0.25, 0.3) is 16.5 Å². The highest BCUT2D eigenvalue weighted by Gasteiger charge is 2.57. The van der Waals surface area contributed by atoms with Gasteiger partial charge in [0, 0.05) is 48.5 Å². The molecule has 0 aromatic heterocycles. The molecule has 3 atom stereocenters. The Morgan fingerprint density at radius 1 is 1.17 bits per heavy atom. The van der Waals surface area contributed by atoms with E-state index in [0.29, 0.717) is 25.5 Å². The lowest BCUT2D eigenvalue weighted by Gasteiger charge is -2.45. The fourth-order valence-electron chi connectivity index (χ4n) is 6.39. The molecule has 3 aromatic rings. The van der Waals surface area contributed by atoms with Crippen LogP contribution in [0.3, 0.4) is 0 Å². The number of piperazine rings is 1. The number of methoxy groups -OCH3 is 1. The van der Waals surface area contributed by atoms with Gasteiger partial charge in [-0.15, -0.1) is 0 Å². The van der Waals surface area contributed by atoms with Crippen LogP contribution in [0.4, 0.5) is 10.5 Å². The Kier molecular flexibility index (Phi) is 5.58. The maximum absolute atomic E-state index is 12.4. The second-order valence-corrected chi connectivity index (χ2v) is 9.90. The highest BCUT2D eigenvalue weighted by atomic mass is 16.7. The number of nitrogens with zero attached hydrogens (tertiary/aromatic N) is 3. The van der Waals surface area contributed by atoms with Crippen LogP contribution in [0, 0.1) is 5.92 Å². The minimum absolute atomic E-state index is 0.0282. The average Bonchev–Trinajstić information content (AvgIpc) is 3.07. The highest BCUT2D eigenvalue weighted by molar-refractivity contribution is 6.00. The number of rotatable bonds is 5. The van der Waals surface area contributed by atoms with Crippen molar-refractivity contribution in [2.45, 2.75) is 24.9 Å². The first kappa shape index (κ1) is 22.8. The Morgan fingerprint density at radius 3 is 2.78 bits per heavy atom. The number of carbonyl (C=O) groups is 1. The minimum atomic E-state index is -0.860. The molecule has 8 nitrogen and oxygen atoms in total. The van der Waals surface area contributed by atoms with Gasteiger partial charge in [-0.25, -0.2) is 4.79 Å². The summed E-state index contributed by atoms with van der Waals surface area (Å²) in [6.45, 7) is 3.88. The van der Waals surface area contributed by atoms with Crippen molar-refractivity contribution in [1.82, 2.24) is 10.2 Å². The van der Waals surface area contributed by atoms with Gasteiger partial charge in [0.2, 0.25) is 0 Å². The van der Waals surface area contributed by atoms with Gasteiger partial charge in [0.15, 0.2) is 6.79 Å². The van der Waals surface area contributed by atoms with Crippen molar-refractivity contribution in [2.24, 2.45) is 10.9 Å². The van der Waals surface area contributed by atoms with Gasteiger partial charge in [-0.3, -0.25) is 9.89 Å². The van der Waals surface area contributed by atoms with E-state index in [1.807, 2.05) is 36.4 Å². The average molecular weight is 487 g/mol. The van der Waals surface area contributed by atoms with Crippen LogP contribution >= 0.6 is 0 Å². The van der Waals surface area contributed by atoms with Crippen LogP contribution in [-0.4, -0.2) is 61.3 Å². The zero-order valence-electron chi connectivity index (χ0n) is 20.5. The molecule has 36 heavy (non-hydrogen) atoms. The summed E-state index contributed by atoms with van der Waals surface area (Å²) in [5, 5.41) is 17.8. The lowest BCUT2D eigenvalue weighted by Crippen LogP contribution is -2.63. The summed E-state index contributed by atoms with van der Waals surface area (Å²) < 4.78 is 11.3. The summed E-state index contributed by atoms with van der Waals surface area (Å²) in [4.78, 5) is 21.3. The van der Waals surface area contributed by atoms with Crippen molar-refractivity contribution in [2.75, 3.05) is 38.6 Å². The molecule has 1 amide bonds. The number of ether oxygens (including phenoxy) is 2. The summed E-state index contributed by atoms with van der Waals surface area (Å²) >= 11 is 0. The Morgan fingerprint density at radius 2 is 1.97 bits per heavy atom. The first-order valence-corrected chi connectivity index (χ1v) is 12.3. The lowest BCUT2D eigenvalue weighted by molar-refractivity contribution is 0.0514. The van der Waals surface area contributed by atoms with Crippen molar-refractivity contribution in [3.05, 3.63) is 71.2 Å². The third kappa shape index (κ3) is 3.43. The molecule has 2 fully saturated rings. The quantitative estimate of drug-likeness (QED) is 0.540. The number of nitrogens with one attached hydrogen (secondary N) is 1. The van der Waals surface area contributed by atoms with Crippen LogP contribution in [-0.2, 0) is 4.74 Å². The van der Waals surface area contributed by atoms with E-state index in [1.54, 1.807) is 12.0 Å². The van der Waals surface area contributed by atoms with Gasteiger partial charge in [0.05, 0.1) is 16.6 Å². The third-order valence-corrected chi connectivity index (χ3v) is 7.89. The first-order valence-electron chi connectivity index (χ1n) is 12.3. The molecule has 2 saturated heterocycles. The number of fused-ring (bicyclic) bond motifs is 4. The molecule has 3 aliphatic heterocycles. The van der Waals surface area contributed by atoms with Crippen molar-refractivity contribution in [1.29, 1.82) is 0 Å². The number of hydrogen-bond donors (Lipinski definition) is 2. The lowest BCUT2D eigenvalue weighted by atomic mass is 9.82. The molecular formula is C28H30N4O4. The Bertz CT molecular complexity index is 1460. The standard InChI is InChI=1S/C28H30N4O4/c1-28-15-29-14-19(32(28)27(33)34)13-22(28)25-21-9-5-6-10-23(21)30-16-31(25)26-20-8-4-3-7-18(20)11-12-24(26)36-17-35-2/h3-12,19,22,29H,13-17H2,1-2H3,(H,33,34). The molecule has 3 aromatic carbocycles. The molecule has 6 rings (SSSR count). The van der Waals surface area contributed by atoms with E-state index in [2.05, 4.69) is 41.4 Å². The minimum Gasteiger partial charge on any atom is -0.465 e. The fourth-order valence-corrected chi connectivity index (χ4v) is 6.39. The summed E-state index contributed by atoms with van der Waals surface area (Å²) in [7, 11) is 1.61. The number of benzene rings is 3. The number of anilines is 1. The zero-order chi connectivity index (χ0) is 24.9. The van der Waals surface area contributed by atoms with E-state index in [-0.39, 0.29) is 18.8 Å². The van der Waals surface area contributed by atoms with E-state index in [0.717, 1.165) is 39.2 Å². The second-order valence-electron chi connectivity index (χ2n) is 9.90. The number of carboxylic acid groups (broad SMARTS) is 1. The summed E-state index contributed by atoms with van der Waals surface area (Å²) in [6.07, 6.45) is -0.114. The van der Waals surface area contributed by atoms with Gasteiger partial charge in [0.1, 0.15) is 12.4 Å². The third-order valence-electron chi connectivity index (χ3n) is 7.89. The molecule has 0 saturated carbocycles. The van der Waals surface area contributed by atoms with Crippen molar-refractivity contribution in [3.8, 4) is 5.75 Å². The maximum atomic E-state index is 12.4. The molecule has 8 heteroatoms. The SMILES string of the molecule is COCOc1ccc2ccccc2c1N1CN=c2ccccc2=C1C1CC2CNCC1(C)N2C(=O)O. The molecule has 0 spiro atoms. The van der Waals surface area contributed by atoms with Crippen LogP contribution < -0.4 is 25.5 Å². The molecule has 0 radical (unpaired) electrons. The first-order chi connectivity index (χ1) is 17.5. The van der Waals surface area contributed by atoms with Crippen LogP contribution in [0.15, 0.2) is 65.7 Å². The normalized spacial score (nSPS) is 25.0. The van der Waals surface area contributed by atoms with Gasteiger partial charge < -0.3 is 24.8 Å². The van der Waals surface area contributed by atoms with Gasteiger partial charge in [-0.1, -0.05) is 48.5 Å². The van der Waals surface area contributed by atoms with E-state index >= 15 is 0 Å². The van der Waals surface area contributed by atoms with E-state index < -0.39 is 11.6 Å². The van der Waals surface area contributed by atoms with E-state index in [1.165, 1.54) is 0 Å². The molecule has 3 heterocycles. The predicted molar refractivity (Wildman–Crippen MR) is 137 cm³/mol. The summed E-state index contributed by atoms with van der Waals surface area (Å²) in [5.41, 5.74) is 1.43. The largest absolute Gasteiger partial charge is 0.465 e. The van der Waals surface area contributed by atoms with Crippen molar-refractivity contribution < 1.29 is 19.4 Å². The van der Waals surface area contributed by atoms with Crippen LogP contribution in [0.5, 0.6) is 5.75 Å². The molecule has 2 N–H and O–H groups in total. The fraction of sp³-hybridized carbons (Fsp3) is 0.357. The number of para-hydroxylation sites is 1. The zero-order valence-corrected chi connectivity index (χ0v) is 20.5. The second kappa shape index (κ2) is 8.80. The Labute approximate surface area is 209 Å². The maximum Gasteiger partial charge on any atom is 0.408 e.